The van der Waals surface area contributed by atoms with Gasteiger partial charge in [0.05, 0.1) is 36.2 Å². The third kappa shape index (κ3) is 15.6. The SMILES string of the molecule is Cc1ccnc(N2CCN(CC#Cc3ccccc3)CC2)c1[N+](=O)[O-].Clc1cccnc1N1CCN(CC#Cc2ccccc2)CC1.[C-]#[N+]c1ccc(C)nc1N1CCN(CC#Cc2ccccc2)CC1. The lowest BCUT2D eigenvalue weighted by Gasteiger charge is -2.35. The van der Waals surface area contributed by atoms with Gasteiger partial charge in [-0.1, -0.05) is 114 Å². The Labute approximate surface area is 423 Å². The summed E-state index contributed by atoms with van der Waals surface area (Å²) in [5.41, 5.74) is 5.49. The summed E-state index contributed by atoms with van der Waals surface area (Å²) in [5.74, 6) is 21.4. The highest BCUT2D eigenvalue weighted by atomic mass is 35.5. The van der Waals surface area contributed by atoms with E-state index in [2.05, 4.69) is 79.8 Å². The molecule has 0 radical (unpaired) electrons. The molecule has 14 heteroatoms. The highest BCUT2D eigenvalue weighted by Crippen LogP contribution is 2.30. The van der Waals surface area contributed by atoms with Gasteiger partial charge in [-0.15, -0.1) is 0 Å². The van der Waals surface area contributed by atoms with Crippen LogP contribution in [0.3, 0.4) is 0 Å². The van der Waals surface area contributed by atoms with Crippen molar-refractivity contribution < 1.29 is 4.92 Å². The smallest absolute Gasteiger partial charge is 0.314 e. The quantitative estimate of drug-likeness (QED) is 0.0666. The van der Waals surface area contributed by atoms with Gasteiger partial charge in [0.15, 0.2) is 0 Å². The normalized spacial score (nSPS) is 14.8. The van der Waals surface area contributed by atoms with E-state index in [1.165, 1.54) is 0 Å². The lowest BCUT2D eigenvalue weighted by molar-refractivity contribution is -0.384. The van der Waals surface area contributed by atoms with Crippen molar-refractivity contribution in [3.63, 3.8) is 0 Å². The Hall–Kier alpha value is -7.75. The molecule has 0 amide bonds. The maximum Gasteiger partial charge on any atom is 0.314 e. The predicted octanol–water partition coefficient (Wildman–Crippen LogP) is 8.50. The maximum atomic E-state index is 11.3. The number of anilines is 3. The summed E-state index contributed by atoms with van der Waals surface area (Å²) in [6.45, 7) is 23.8. The first kappa shape index (κ1) is 51.1. The Morgan fingerprint density at radius 2 is 0.972 bits per heavy atom. The van der Waals surface area contributed by atoms with Gasteiger partial charge in [-0.3, -0.25) is 24.8 Å². The van der Waals surface area contributed by atoms with Crippen molar-refractivity contribution in [2.45, 2.75) is 13.8 Å². The molecule has 71 heavy (non-hydrogen) atoms. The summed E-state index contributed by atoms with van der Waals surface area (Å²) in [6, 6.07) is 39.3. The van der Waals surface area contributed by atoms with Crippen LogP contribution in [0.25, 0.3) is 4.85 Å². The van der Waals surface area contributed by atoms with Gasteiger partial charge < -0.3 is 14.7 Å². The minimum Gasteiger partial charge on any atom is -0.363 e. The summed E-state index contributed by atoms with van der Waals surface area (Å²) in [6.07, 6.45) is 3.42. The monoisotopic (exact) mass is 963 g/mol. The van der Waals surface area contributed by atoms with Crippen LogP contribution in [0.15, 0.2) is 134 Å². The van der Waals surface area contributed by atoms with E-state index in [1.54, 1.807) is 25.4 Å². The molecule has 6 heterocycles. The van der Waals surface area contributed by atoms with Crippen molar-refractivity contribution in [2.75, 3.05) is 113 Å². The molecule has 3 saturated heterocycles. The third-order valence-corrected chi connectivity index (χ3v) is 12.4. The van der Waals surface area contributed by atoms with Gasteiger partial charge in [0.1, 0.15) is 11.6 Å². The maximum absolute atomic E-state index is 11.3. The van der Waals surface area contributed by atoms with Crippen LogP contribution in [-0.4, -0.2) is 133 Å². The first-order valence-electron chi connectivity index (χ1n) is 23.8. The molecule has 0 atom stereocenters. The van der Waals surface area contributed by atoms with Gasteiger partial charge >= 0.3 is 5.69 Å². The Morgan fingerprint density at radius 1 is 0.549 bits per heavy atom. The number of hydrogen-bond donors (Lipinski definition) is 0. The number of rotatable bonds is 7. The van der Waals surface area contributed by atoms with Gasteiger partial charge in [-0.25, -0.2) is 19.8 Å². The van der Waals surface area contributed by atoms with Crippen molar-refractivity contribution in [1.82, 2.24) is 29.7 Å². The van der Waals surface area contributed by atoms with Gasteiger partial charge in [0.2, 0.25) is 11.5 Å². The third-order valence-electron chi connectivity index (χ3n) is 12.1. The topological polar surface area (TPSA) is 106 Å². The van der Waals surface area contributed by atoms with Crippen LogP contribution in [0, 0.1) is 66.1 Å². The number of aromatic nitrogens is 3. The van der Waals surface area contributed by atoms with E-state index >= 15 is 0 Å². The molecule has 3 aliphatic rings. The number of pyridine rings is 3. The average molecular weight is 965 g/mol. The molecule has 0 spiro atoms. The second-order valence-corrected chi connectivity index (χ2v) is 17.5. The number of piperazine rings is 3. The van der Waals surface area contributed by atoms with Crippen molar-refractivity contribution in [3.8, 4) is 35.5 Å². The van der Waals surface area contributed by atoms with Crippen molar-refractivity contribution >= 4 is 40.4 Å². The molecule has 360 valence electrons. The van der Waals surface area contributed by atoms with E-state index in [0.717, 1.165) is 118 Å². The summed E-state index contributed by atoms with van der Waals surface area (Å²) in [5, 5.41) is 12.1. The molecule has 0 N–H and O–H groups in total. The van der Waals surface area contributed by atoms with Crippen molar-refractivity contribution in [1.29, 1.82) is 0 Å². The van der Waals surface area contributed by atoms with E-state index in [0.29, 0.717) is 36.7 Å². The second-order valence-electron chi connectivity index (χ2n) is 17.1. The van der Waals surface area contributed by atoms with Crippen molar-refractivity contribution in [2.24, 2.45) is 0 Å². The molecule has 6 aromatic rings. The fourth-order valence-electron chi connectivity index (χ4n) is 8.14. The molecule has 3 aliphatic heterocycles. The Balaban J connectivity index is 0.000000157. The molecule has 9 rings (SSSR count). The van der Waals surface area contributed by atoms with Crippen LogP contribution in [0.2, 0.25) is 5.02 Å². The van der Waals surface area contributed by atoms with Gasteiger partial charge in [-0.2, -0.15) is 0 Å². The van der Waals surface area contributed by atoms with Crippen LogP contribution >= 0.6 is 11.6 Å². The minimum atomic E-state index is -0.338. The highest BCUT2D eigenvalue weighted by Gasteiger charge is 2.27. The molecular formula is C57H58ClN11O2. The Bertz CT molecular complexity index is 2890. The zero-order chi connectivity index (χ0) is 49.6. The van der Waals surface area contributed by atoms with E-state index in [-0.39, 0.29) is 10.6 Å². The number of halogens is 1. The van der Waals surface area contributed by atoms with Gasteiger partial charge in [0, 0.05) is 119 Å². The molecule has 13 nitrogen and oxygen atoms in total. The van der Waals surface area contributed by atoms with Crippen LogP contribution in [-0.2, 0) is 0 Å². The molecule has 0 aliphatic carbocycles. The number of benzene rings is 3. The van der Waals surface area contributed by atoms with Crippen LogP contribution in [0.1, 0.15) is 27.9 Å². The van der Waals surface area contributed by atoms with Crippen LogP contribution in [0.5, 0.6) is 0 Å². The van der Waals surface area contributed by atoms with Crippen molar-refractivity contribution in [3.05, 3.63) is 188 Å². The Morgan fingerprint density at radius 3 is 1.39 bits per heavy atom. The van der Waals surface area contributed by atoms with E-state index in [9.17, 15) is 10.1 Å². The van der Waals surface area contributed by atoms with E-state index in [1.807, 2.05) is 127 Å². The molecule has 0 bridgehead atoms. The minimum absolute atomic E-state index is 0.111. The Kier molecular flexibility index (Phi) is 19.3. The van der Waals surface area contributed by atoms with Gasteiger partial charge in [0.25, 0.3) is 0 Å². The standard InChI is InChI=1S/C20H20N4.C19H20N4O2.C18H18ClN3/c1-17-10-11-19(21-2)20(22-17)24-15-13-23(14-16-24)12-6-9-18-7-4-3-5-8-18;1-16-9-10-20-19(18(16)23(24)25)22-14-12-21(13-15-22)11-5-8-17-6-3-2-4-7-17;19-17-9-4-10-20-18(17)22-14-12-21(13-15-22)11-5-8-16-6-2-1-3-7-16/h3-5,7-8,10-11H,12-16H2,1H3;2-4,6-7,9-10H,11-15H2,1H3;1-4,6-7,9-10H,11-15H2. The second kappa shape index (κ2) is 26.9. The van der Waals surface area contributed by atoms with E-state index < -0.39 is 0 Å². The fraction of sp³-hybridized carbons (Fsp3) is 0.298. The lowest BCUT2D eigenvalue weighted by Crippen LogP contribution is -2.46. The zero-order valence-corrected chi connectivity index (χ0v) is 41.2. The van der Waals surface area contributed by atoms with Gasteiger partial charge in [-0.05, 0) is 68.4 Å². The number of nitro groups is 1. The molecule has 3 aromatic carbocycles. The van der Waals surface area contributed by atoms with Crippen LogP contribution in [0.4, 0.5) is 28.8 Å². The first-order valence-corrected chi connectivity index (χ1v) is 24.2. The molecule has 0 saturated carbocycles. The number of aryl methyl sites for hydroxylation is 2. The largest absolute Gasteiger partial charge is 0.363 e. The highest BCUT2D eigenvalue weighted by molar-refractivity contribution is 6.32. The lowest BCUT2D eigenvalue weighted by atomic mass is 10.2. The fourth-order valence-corrected chi connectivity index (χ4v) is 8.38. The summed E-state index contributed by atoms with van der Waals surface area (Å²) in [7, 11) is 0. The summed E-state index contributed by atoms with van der Waals surface area (Å²) in [4.78, 5) is 41.2. The van der Waals surface area contributed by atoms with Crippen LogP contribution < -0.4 is 14.7 Å². The summed E-state index contributed by atoms with van der Waals surface area (Å²) < 4.78 is 0. The molecule has 3 fully saturated rings. The molecule has 0 unspecified atom stereocenters. The molecular weight excluding hydrogens is 906 g/mol. The number of hydrogen-bond acceptors (Lipinski definition) is 11. The average Bonchev–Trinajstić information content (AvgIpc) is 3.40. The first-order chi connectivity index (χ1) is 34.7. The zero-order valence-electron chi connectivity index (χ0n) is 40.4. The summed E-state index contributed by atoms with van der Waals surface area (Å²) >= 11 is 6.21. The molecule has 3 aromatic heterocycles. The predicted molar refractivity (Wildman–Crippen MR) is 286 cm³/mol. The number of nitrogens with zero attached hydrogens (tertiary/aromatic N) is 11. The van der Waals surface area contributed by atoms with E-state index in [4.69, 9.17) is 18.2 Å².